The summed E-state index contributed by atoms with van der Waals surface area (Å²) in [6.07, 6.45) is 3.41. The minimum Gasteiger partial charge on any atom is -0.369 e. The first-order valence-electron chi connectivity index (χ1n) is 16.4. The standard InChI is InChI=1S/C40H36N6O3/c47-39(30-16-18-36(19-17-30)46(48)49)45(35-22-20-34(21-23-35)44-26-24-41-25-27-44)38(37-28-42-29-43-37)40(31-10-4-1-5-11-31,32-12-6-2-7-13-32)33-14-8-3-9-15-33/h1-23,28-29,38,41H,24-27H2,(H,42,43). The zero-order valence-electron chi connectivity index (χ0n) is 26.9. The molecule has 1 aromatic heterocycles. The van der Waals surface area contributed by atoms with Crippen LogP contribution in [0.4, 0.5) is 17.1 Å². The molecule has 0 radical (unpaired) electrons. The van der Waals surface area contributed by atoms with Crippen molar-refractivity contribution < 1.29 is 9.72 Å². The molecule has 0 saturated carbocycles. The molecule has 0 spiro atoms. The summed E-state index contributed by atoms with van der Waals surface area (Å²) >= 11 is 0. The van der Waals surface area contributed by atoms with Crippen LogP contribution in [0.5, 0.6) is 0 Å². The second-order valence-electron chi connectivity index (χ2n) is 12.0. The number of nitrogens with one attached hydrogen (secondary N) is 2. The molecule has 1 amide bonds. The molecule has 49 heavy (non-hydrogen) atoms. The van der Waals surface area contributed by atoms with Gasteiger partial charge in [-0.2, -0.15) is 0 Å². The number of amides is 1. The third kappa shape index (κ3) is 6.08. The second kappa shape index (κ2) is 14.0. The maximum Gasteiger partial charge on any atom is 0.269 e. The minimum absolute atomic E-state index is 0.0826. The van der Waals surface area contributed by atoms with Crippen LogP contribution in [0.3, 0.4) is 0 Å². The average molecular weight is 649 g/mol. The van der Waals surface area contributed by atoms with Gasteiger partial charge in [0, 0.05) is 55.2 Å². The molecule has 1 aliphatic heterocycles. The van der Waals surface area contributed by atoms with E-state index in [1.165, 1.54) is 24.3 Å². The van der Waals surface area contributed by atoms with Crippen molar-refractivity contribution in [2.24, 2.45) is 0 Å². The number of hydrogen-bond donors (Lipinski definition) is 2. The Balaban J connectivity index is 1.52. The van der Waals surface area contributed by atoms with Crippen molar-refractivity contribution in [1.82, 2.24) is 15.3 Å². The van der Waals surface area contributed by atoms with Gasteiger partial charge in [0.25, 0.3) is 11.6 Å². The lowest BCUT2D eigenvalue weighted by atomic mass is 9.63. The number of nitro benzene ring substituents is 1. The molecular weight excluding hydrogens is 612 g/mol. The molecule has 1 fully saturated rings. The lowest BCUT2D eigenvalue weighted by Crippen LogP contribution is -2.49. The van der Waals surface area contributed by atoms with E-state index in [9.17, 15) is 10.1 Å². The lowest BCUT2D eigenvalue weighted by molar-refractivity contribution is -0.384. The predicted molar refractivity (Wildman–Crippen MR) is 192 cm³/mol. The number of aromatic nitrogens is 2. The number of carbonyl (C=O) groups excluding carboxylic acids is 1. The van der Waals surface area contributed by atoms with E-state index in [2.05, 4.69) is 68.7 Å². The molecule has 9 heteroatoms. The number of non-ortho nitro benzene ring substituents is 1. The van der Waals surface area contributed by atoms with E-state index < -0.39 is 16.4 Å². The van der Waals surface area contributed by atoms with Gasteiger partial charge in [-0.1, -0.05) is 91.0 Å². The number of aromatic amines is 1. The Morgan fingerprint density at radius 1 is 0.755 bits per heavy atom. The number of nitrogens with zero attached hydrogens (tertiary/aromatic N) is 4. The summed E-state index contributed by atoms with van der Waals surface area (Å²) in [5.41, 5.74) is 4.69. The third-order valence-electron chi connectivity index (χ3n) is 9.32. The van der Waals surface area contributed by atoms with E-state index in [-0.39, 0.29) is 11.6 Å². The van der Waals surface area contributed by atoms with Crippen LogP contribution in [0, 0.1) is 10.1 Å². The quantitative estimate of drug-likeness (QED) is 0.0929. The van der Waals surface area contributed by atoms with E-state index >= 15 is 4.79 Å². The number of nitro groups is 1. The first kappa shape index (κ1) is 31.5. The maximum atomic E-state index is 15.2. The van der Waals surface area contributed by atoms with Crippen LogP contribution in [0.2, 0.25) is 0 Å². The van der Waals surface area contributed by atoms with Crippen molar-refractivity contribution in [1.29, 1.82) is 0 Å². The molecule has 2 heterocycles. The van der Waals surface area contributed by atoms with Gasteiger partial charge in [0.15, 0.2) is 0 Å². The van der Waals surface area contributed by atoms with E-state index in [1.807, 2.05) is 71.6 Å². The summed E-state index contributed by atoms with van der Waals surface area (Å²) in [7, 11) is 0. The van der Waals surface area contributed by atoms with Crippen LogP contribution < -0.4 is 15.1 Å². The van der Waals surface area contributed by atoms with Gasteiger partial charge in [-0.25, -0.2) is 4.98 Å². The molecule has 1 unspecified atom stereocenters. The molecule has 1 aliphatic rings. The van der Waals surface area contributed by atoms with Crippen molar-refractivity contribution in [2.45, 2.75) is 11.5 Å². The summed E-state index contributed by atoms with van der Waals surface area (Å²) in [4.78, 5) is 38.3. The molecule has 1 atom stereocenters. The fraction of sp³-hybridized carbons (Fsp3) is 0.150. The number of anilines is 2. The largest absolute Gasteiger partial charge is 0.369 e. The van der Waals surface area contributed by atoms with Crippen molar-refractivity contribution in [3.63, 3.8) is 0 Å². The summed E-state index contributed by atoms with van der Waals surface area (Å²) in [6.45, 7) is 3.59. The number of carbonyl (C=O) groups is 1. The smallest absolute Gasteiger partial charge is 0.269 e. The van der Waals surface area contributed by atoms with Crippen molar-refractivity contribution in [3.8, 4) is 0 Å². The zero-order valence-corrected chi connectivity index (χ0v) is 26.9. The second-order valence-corrected chi connectivity index (χ2v) is 12.0. The Kier molecular flexibility index (Phi) is 8.99. The number of H-pyrrole nitrogens is 1. The Hall–Kier alpha value is -6.06. The Bertz CT molecular complexity index is 1880. The Morgan fingerprint density at radius 3 is 1.76 bits per heavy atom. The molecule has 5 aromatic carbocycles. The van der Waals surface area contributed by atoms with Gasteiger partial charge < -0.3 is 15.2 Å². The van der Waals surface area contributed by atoms with E-state index in [0.29, 0.717) is 11.3 Å². The third-order valence-corrected chi connectivity index (χ3v) is 9.32. The van der Waals surface area contributed by atoms with Gasteiger partial charge in [0.05, 0.1) is 34.6 Å². The number of rotatable bonds is 10. The zero-order chi connectivity index (χ0) is 33.6. The monoisotopic (exact) mass is 648 g/mol. The highest BCUT2D eigenvalue weighted by Crippen LogP contribution is 2.52. The lowest BCUT2D eigenvalue weighted by Gasteiger charge is -2.47. The maximum absolute atomic E-state index is 15.2. The molecule has 244 valence electrons. The SMILES string of the molecule is O=C(c1ccc([N+](=O)[O-])cc1)N(c1ccc(N2CCNCC2)cc1)C(c1cnc[nH]1)C(c1ccccc1)(c1ccccc1)c1ccccc1. The van der Waals surface area contributed by atoms with Gasteiger partial charge in [-0.15, -0.1) is 0 Å². The van der Waals surface area contributed by atoms with E-state index in [1.54, 1.807) is 12.5 Å². The van der Waals surface area contributed by atoms with E-state index in [0.717, 1.165) is 54.3 Å². The van der Waals surface area contributed by atoms with Gasteiger partial charge in [0.1, 0.15) is 0 Å². The number of imidazole rings is 1. The van der Waals surface area contributed by atoms with E-state index in [4.69, 9.17) is 0 Å². The number of hydrogen-bond acceptors (Lipinski definition) is 6. The number of piperazine rings is 1. The highest BCUT2D eigenvalue weighted by atomic mass is 16.6. The van der Waals surface area contributed by atoms with Crippen LogP contribution >= 0.6 is 0 Å². The topological polar surface area (TPSA) is 107 Å². The van der Waals surface area contributed by atoms with Crippen LogP contribution in [-0.2, 0) is 5.41 Å². The highest BCUT2D eigenvalue weighted by molar-refractivity contribution is 6.07. The number of benzene rings is 5. The summed E-state index contributed by atoms with van der Waals surface area (Å²) in [5, 5.41) is 15.0. The Morgan fingerprint density at radius 2 is 1.29 bits per heavy atom. The molecule has 9 nitrogen and oxygen atoms in total. The molecule has 7 rings (SSSR count). The molecule has 0 aliphatic carbocycles. The average Bonchev–Trinajstić information content (AvgIpc) is 3.71. The van der Waals surface area contributed by atoms with Gasteiger partial charge in [-0.3, -0.25) is 19.8 Å². The summed E-state index contributed by atoms with van der Waals surface area (Å²) < 4.78 is 0. The fourth-order valence-electron chi connectivity index (χ4n) is 7.05. The molecule has 0 bridgehead atoms. The predicted octanol–water partition coefficient (Wildman–Crippen LogP) is 7.15. The van der Waals surface area contributed by atoms with Gasteiger partial charge in [-0.05, 0) is 53.1 Å². The Labute approximate surface area is 285 Å². The van der Waals surface area contributed by atoms with Crippen LogP contribution in [0.1, 0.15) is 38.8 Å². The molecular formula is C40H36N6O3. The van der Waals surface area contributed by atoms with Crippen LogP contribution in [0.25, 0.3) is 0 Å². The molecule has 2 N–H and O–H groups in total. The highest BCUT2D eigenvalue weighted by Gasteiger charge is 2.50. The van der Waals surface area contributed by atoms with Gasteiger partial charge >= 0.3 is 0 Å². The first-order valence-corrected chi connectivity index (χ1v) is 16.4. The van der Waals surface area contributed by atoms with Gasteiger partial charge in [0.2, 0.25) is 0 Å². The summed E-state index contributed by atoms with van der Waals surface area (Å²) in [6, 6.07) is 43.9. The minimum atomic E-state index is -0.954. The molecule has 1 saturated heterocycles. The first-order chi connectivity index (χ1) is 24.1. The normalized spacial score (nSPS) is 13.8. The van der Waals surface area contributed by atoms with Crippen molar-refractivity contribution in [3.05, 3.63) is 190 Å². The van der Waals surface area contributed by atoms with Crippen molar-refractivity contribution in [2.75, 3.05) is 36.0 Å². The van der Waals surface area contributed by atoms with Crippen LogP contribution in [-0.4, -0.2) is 47.0 Å². The van der Waals surface area contributed by atoms with Crippen molar-refractivity contribution >= 4 is 23.0 Å². The fourth-order valence-corrected chi connectivity index (χ4v) is 7.05. The summed E-state index contributed by atoms with van der Waals surface area (Å²) in [5.74, 6) is -0.309. The van der Waals surface area contributed by atoms with Crippen LogP contribution in [0.15, 0.2) is 152 Å². The molecule has 6 aromatic rings.